The van der Waals surface area contributed by atoms with Crippen LogP contribution < -0.4 is 5.32 Å². The van der Waals surface area contributed by atoms with Gasteiger partial charge < -0.3 is 10.2 Å². The first-order valence-electron chi connectivity index (χ1n) is 7.83. The van der Waals surface area contributed by atoms with Crippen LogP contribution in [0.4, 0.5) is 0 Å². The molecule has 1 saturated heterocycles. The second-order valence-corrected chi connectivity index (χ2v) is 5.79. The van der Waals surface area contributed by atoms with Crippen LogP contribution in [-0.4, -0.2) is 60.5 Å². The van der Waals surface area contributed by atoms with E-state index in [1.807, 2.05) is 4.90 Å². The summed E-state index contributed by atoms with van der Waals surface area (Å²) in [5.41, 5.74) is 0. The molecule has 0 aromatic rings. The van der Waals surface area contributed by atoms with Gasteiger partial charge in [-0.05, 0) is 33.7 Å². The molecule has 1 atom stereocenters. The van der Waals surface area contributed by atoms with E-state index in [2.05, 4.69) is 37.9 Å². The van der Waals surface area contributed by atoms with E-state index in [9.17, 15) is 4.79 Å². The second-order valence-electron chi connectivity index (χ2n) is 5.79. The number of amides is 1. The number of nitrogens with zero attached hydrogens (tertiary/aromatic N) is 2. The number of nitrogens with one attached hydrogen (secondary N) is 1. The molecule has 0 aromatic carbocycles. The maximum Gasteiger partial charge on any atom is 0.239 e. The molecule has 1 N–H and O–H groups in total. The van der Waals surface area contributed by atoms with Crippen LogP contribution in [0, 0.1) is 0 Å². The van der Waals surface area contributed by atoms with Crippen molar-refractivity contribution >= 4 is 5.91 Å². The van der Waals surface area contributed by atoms with Gasteiger partial charge in [0.25, 0.3) is 0 Å². The Kier molecular flexibility index (Phi) is 7.39. The summed E-state index contributed by atoms with van der Waals surface area (Å²) in [6.07, 6.45) is 3.66. The maximum atomic E-state index is 12.5. The van der Waals surface area contributed by atoms with Crippen LogP contribution in [0.25, 0.3) is 0 Å². The highest BCUT2D eigenvalue weighted by atomic mass is 16.2. The maximum absolute atomic E-state index is 12.5. The normalized spacial score (nSPS) is 18.1. The third kappa shape index (κ3) is 5.11. The Labute approximate surface area is 118 Å². The molecule has 4 heteroatoms. The quantitative estimate of drug-likeness (QED) is 0.715. The van der Waals surface area contributed by atoms with E-state index in [1.54, 1.807) is 0 Å². The van der Waals surface area contributed by atoms with Crippen LogP contribution in [0.2, 0.25) is 0 Å². The molecule has 1 heterocycles. The Bertz CT molecular complexity index is 262. The average Bonchev–Trinajstić information content (AvgIpc) is 2.42. The van der Waals surface area contributed by atoms with E-state index >= 15 is 0 Å². The molecular formula is C15H31N3O. The zero-order valence-corrected chi connectivity index (χ0v) is 13.1. The van der Waals surface area contributed by atoms with E-state index in [1.165, 1.54) is 19.3 Å². The van der Waals surface area contributed by atoms with Crippen molar-refractivity contribution in [1.29, 1.82) is 0 Å². The van der Waals surface area contributed by atoms with Gasteiger partial charge in [-0.3, -0.25) is 9.69 Å². The van der Waals surface area contributed by atoms with Crippen molar-refractivity contribution in [2.75, 3.05) is 32.7 Å². The van der Waals surface area contributed by atoms with Gasteiger partial charge in [0.15, 0.2) is 0 Å². The van der Waals surface area contributed by atoms with Crippen LogP contribution >= 0.6 is 0 Å². The second kappa shape index (κ2) is 8.54. The van der Waals surface area contributed by atoms with Crippen molar-refractivity contribution in [2.45, 2.75) is 59.0 Å². The summed E-state index contributed by atoms with van der Waals surface area (Å²) in [6, 6.07) is 0.439. The molecule has 4 nitrogen and oxygen atoms in total. The minimum atomic E-state index is 0.00922. The first-order chi connectivity index (χ1) is 9.07. The van der Waals surface area contributed by atoms with Crippen molar-refractivity contribution in [3.05, 3.63) is 0 Å². The number of rotatable bonds is 7. The fourth-order valence-corrected chi connectivity index (χ4v) is 2.73. The molecule has 0 radical (unpaired) electrons. The molecule has 0 bridgehead atoms. The van der Waals surface area contributed by atoms with Crippen LogP contribution in [0.5, 0.6) is 0 Å². The van der Waals surface area contributed by atoms with E-state index in [0.717, 1.165) is 32.7 Å². The van der Waals surface area contributed by atoms with Crippen molar-refractivity contribution in [2.24, 2.45) is 0 Å². The van der Waals surface area contributed by atoms with Crippen molar-refractivity contribution in [3.8, 4) is 0 Å². The van der Waals surface area contributed by atoms with Crippen LogP contribution in [0.15, 0.2) is 0 Å². The lowest BCUT2D eigenvalue weighted by Crippen LogP contribution is -2.54. The predicted octanol–water partition coefficient (Wildman–Crippen LogP) is 1.71. The number of carbonyl (C=O) groups is 1. The van der Waals surface area contributed by atoms with Crippen LogP contribution in [0.3, 0.4) is 0 Å². The molecular weight excluding hydrogens is 238 g/mol. The largest absolute Gasteiger partial charge is 0.339 e. The fourth-order valence-electron chi connectivity index (χ4n) is 2.73. The highest BCUT2D eigenvalue weighted by Crippen LogP contribution is 2.11. The van der Waals surface area contributed by atoms with Gasteiger partial charge in [0.2, 0.25) is 5.91 Å². The third-order valence-corrected chi connectivity index (χ3v) is 3.97. The molecule has 0 spiro atoms. The molecule has 1 fully saturated rings. The standard InChI is InChI=1S/C15H31N3O/c1-5-6-7-10-18(13(2)3)14(4)15(19)17-11-8-16-9-12-17/h13-14,16H,5-12H2,1-4H3. The van der Waals surface area contributed by atoms with Crippen LogP contribution in [0.1, 0.15) is 47.0 Å². The van der Waals surface area contributed by atoms with Gasteiger partial charge in [0, 0.05) is 32.2 Å². The third-order valence-electron chi connectivity index (χ3n) is 3.97. The summed E-state index contributed by atoms with van der Waals surface area (Å²) in [6.45, 7) is 13.2. The topological polar surface area (TPSA) is 35.6 Å². The summed E-state index contributed by atoms with van der Waals surface area (Å²) >= 11 is 0. The minimum Gasteiger partial charge on any atom is -0.339 e. The van der Waals surface area contributed by atoms with E-state index in [0.29, 0.717) is 11.9 Å². The molecule has 0 saturated carbocycles. The fraction of sp³-hybridized carbons (Fsp3) is 0.933. The number of hydrogen-bond donors (Lipinski definition) is 1. The molecule has 1 aliphatic heterocycles. The zero-order valence-electron chi connectivity index (χ0n) is 13.1. The summed E-state index contributed by atoms with van der Waals surface area (Å²) < 4.78 is 0. The lowest BCUT2D eigenvalue weighted by Gasteiger charge is -2.36. The molecule has 19 heavy (non-hydrogen) atoms. The van der Waals surface area contributed by atoms with Crippen LogP contribution in [-0.2, 0) is 4.79 Å². The molecule has 0 aromatic heterocycles. The number of unbranched alkanes of at least 4 members (excludes halogenated alkanes) is 2. The molecule has 1 amide bonds. The summed E-state index contributed by atoms with van der Waals surface area (Å²) in [5.74, 6) is 0.298. The van der Waals surface area contributed by atoms with Crippen molar-refractivity contribution in [3.63, 3.8) is 0 Å². The first kappa shape index (κ1) is 16.4. The van der Waals surface area contributed by atoms with Crippen molar-refractivity contribution in [1.82, 2.24) is 15.1 Å². The van der Waals surface area contributed by atoms with Gasteiger partial charge in [-0.15, -0.1) is 0 Å². The van der Waals surface area contributed by atoms with Gasteiger partial charge in [-0.1, -0.05) is 19.8 Å². The van der Waals surface area contributed by atoms with Crippen molar-refractivity contribution < 1.29 is 4.79 Å². The Morgan fingerprint density at radius 1 is 1.21 bits per heavy atom. The average molecular weight is 269 g/mol. The van der Waals surface area contributed by atoms with Gasteiger partial charge in [0.1, 0.15) is 0 Å². The van der Waals surface area contributed by atoms with E-state index in [-0.39, 0.29) is 6.04 Å². The molecule has 0 aliphatic carbocycles. The SMILES string of the molecule is CCCCCN(C(C)C)C(C)C(=O)N1CCNCC1. The number of carbonyl (C=O) groups excluding carboxylic acids is 1. The summed E-state index contributed by atoms with van der Waals surface area (Å²) in [7, 11) is 0. The highest BCUT2D eigenvalue weighted by molar-refractivity contribution is 5.81. The van der Waals surface area contributed by atoms with Gasteiger partial charge in [-0.25, -0.2) is 0 Å². The van der Waals surface area contributed by atoms with Gasteiger partial charge in [-0.2, -0.15) is 0 Å². The lowest BCUT2D eigenvalue weighted by atomic mass is 10.1. The number of hydrogen-bond acceptors (Lipinski definition) is 3. The molecule has 1 unspecified atom stereocenters. The van der Waals surface area contributed by atoms with E-state index in [4.69, 9.17) is 0 Å². The smallest absolute Gasteiger partial charge is 0.239 e. The summed E-state index contributed by atoms with van der Waals surface area (Å²) in [5, 5.41) is 3.29. The predicted molar refractivity (Wildman–Crippen MR) is 80.3 cm³/mol. The van der Waals surface area contributed by atoms with Gasteiger partial charge in [0.05, 0.1) is 6.04 Å². The van der Waals surface area contributed by atoms with Gasteiger partial charge >= 0.3 is 0 Å². The molecule has 1 rings (SSSR count). The highest BCUT2D eigenvalue weighted by Gasteiger charge is 2.27. The molecule has 112 valence electrons. The Balaban J connectivity index is 2.53. The van der Waals surface area contributed by atoms with E-state index < -0.39 is 0 Å². The Morgan fingerprint density at radius 3 is 2.37 bits per heavy atom. The monoisotopic (exact) mass is 269 g/mol. The Hall–Kier alpha value is -0.610. The minimum absolute atomic E-state index is 0.00922. The Morgan fingerprint density at radius 2 is 1.84 bits per heavy atom. The number of piperazine rings is 1. The first-order valence-corrected chi connectivity index (χ1v) is 7.83. The molecule has 1 aliphatic rings. The lowest BCUT2D eigenvalue weighted by molar-refractivity contribution is -0.137. The zero-order chi connectivity index (χ0) is 14.3. The summed E-state index contributed by atoms with van der Waals surface area (Å²) in [4.78, 5) is 16.9.